The van der Waals surface area contributed by atoms with E-state index in [1.165, 1.54) is 5.69 Å². The number of aromatic nitrogens is 1. The summed E-state index contributed by atoms with van der Waals surface area (Å²) >= 11 is 0. The van der Waals surface area contributed by atoms with Crippen molar-refractivity contribution in [2.75, 3.05) is 38.8 Å². The molecule has 2 unspecified atom stereocenters. The fourth-order valence-electron chi connectivity index (χ4n) is 2.42. The third-order valence-corrected chi connectivity index (χ3v) is 3.54. The highest BCUT2D eigenvalue weighted by molar-refractivity contribution is 5.48. The molecule has 5 nitrogen and oxygen atoms in total. The summed E-state index contributed by atoms with van der Waals surface area (Å²) < 4.78 is 10.9. The fraction of sp³-hybridized carbons (Fsp3) is 0.643. The average Bonchev–Trinajstić information content (AvgIpc) is 2.88. The Bertz CT molecular complexity index is 388. The van der Waals surface area contributed by atoms with E-state index in [0.717, 1.165) is 31.9 Å². The Labute approximate surface area is 114 Å². The molecule has 0 aromatic carbocycles. The van der Waals surface area contributed by atoms with E-state index < -0.39 is 0 Å². The average molecular weight is 265 g/mol. The summed E-state index contributed by atoms with van der Waals surface area (Å²) in [4.78, 5) is 6.67. The van der Waals surface area contributed by atoms with Crippen LogP contribution in [0.4, 0.5) is 5.69 Å². The molecule has 1 aromatic rings. The Morgan fingerprint density at radius 3 is 2.58 bits per heavy atom. The van der Waals surface area contributed by atoms with Crippen molar-refractivity contribution in [2.45, 2.75) is 25.7 Å². The van der Waals surface area contributed by atoms with Crippen molar-refractivity contribution in [2.24, 2.45) is 0 Å². The van der Waals surface area contributed by atoms with Gasteiger partial charge in [-0.25, -0.2) is 0 Å². The van der Waals surface area contributed by atoms with Gasteiger partial charge in [0.15, 0.2) is 0 Å². The predicted molar refractivity (Wildman–Crippen MR) is 75.4 cm³/mol. The van der Waals surface area contributed by atoms with Gasteiger partial charge in [-0.05, 0) is 18.7 Å². The van der Waals surface area contributed by atoms with Gasteiger partial charge in [0, 0.05) is 45.7 Å². The number of ether oxygens (including phenoxy) is 2. The van der Waals surface area contributed by atoms with Gasteiger partial charge >= 0.3 is 0 Å². The smallest absolute Gasteiger partial charge is 0.102 e. The lowest BCUT2D eigenvalue weighted by Gasteiger charge is -2.18. The van der Waals surface area contributed by atoms with Crippen LogP contribution in [0.1, 0.15) is 12.6 Å². The normalized spacial score (nSPS) is 23.0. The first kappa shape index (κ1) is 14.2. The number of methoxy groups -OCH3 is 2. The molecule has 0 radical (unpaired) electrons. The number of hydrogen-bond acceptors (Lipinski definition) is 5. The molecule has 0 bridgehead atoms. The van der Waals surface area contributed by atoms with E-state index in [-0.39, 0.29) is 12.2 Å². The second-order valence-corrected chi connectivity index (χ2v) is 4.74. The number of hydrogen-bond donors (Lipinski definition) is 1. The van der Waals surface area contributed by atoms with E-state index in [4.69, 9.17) is 9.47 Å². The minimum atomic E-state index is 0.135. The molecule has 2 atom stereocenters. The molecule has 106 valence electrons. The molecule has 1 fully saturated rings. The number of anilines is 1. The zero-order valence-electron chi connectivity index (χ0n) is 11.9. The highest BCUT2D eigenvalue weighted by atomic mass is 16.5. The first-order valence-corrected chi connectivity index (χ1v) is 6.74. The van der Waals surface area contributed by atoms with Crippen LogP contribution in [0.5, 0.6) is 0 Å². The molecule has 1 aromatic heterocycles. The third kappa shape index (κ3) is 3.43. The fourth-order valence-corrected chi connectivity index (χ4v) is 2.42. The Hall–Kier alpha value is -1.17. The van der Waals surface area contributed by atoms with E-state index in [1.54, 1.807) is 14.2 Å². The molecule has 0 amide bonds. The standard InChI is InChI=1S/C14H23N3O2/c1-4-15-8-11-7-12(5-6-16-11)17-9-13(18-2)14(10-17)19-3/h5-7,13-15H,4,8-10H2,1-3H3. The van der Waals surface area contributed by atoms with E-state index in [9.17, 15) is 0 Å². The third-order valence-electron chi connectivity index (χ3n) is 3.54. The van der Waals surface area contributed by atoms with Crippen molar-refractivity contribution < 1.29 is 9.47 Å². The first-order chi connectivity index (χ1) is 9.28. The summed E-state index contributed by atoms with van der Waals surface area (Å²) in [6.45, 7) is 5.57. The predicted octanol–water partition coefficient (Wildman–Crippen LogP) is 1.04. The summed E-state index contributed by atoms with van der Waals surface area (Å²) in [5, 5.41) is 3.29. The molecule has 1 saturated heterocycles. The molecule has 1 aliphatic rings. The topological polar surface area (TPSA) is 46.6 Å². The summed E-state index contributed by atoms with van der Waals surface area (Å²) in [6.07, 6.45) is 2.13. The summed E-state index contributed by atoms with van der Waals surface area (Å²) in [5.74, 6) is 0. The summed E-state index contributed by atoms with van der Waals surface area (Å²) in [7, 11) is 3.48. The van der Waals surface area contributed by atoms with Crippen LogP contribution < -0.4 is 10.2 Å². The largest absolute Gasteiger partial charge is 0.377 e. The number of nitrogens with zero attached hydrogens (tertiary/aromatic N) is 2. The van der Waals surface area contributed by atoms with Gasteiger partial charge in [-0.1, -0.05) is 6.92 Å². The number of pyridine rings is 1. The van der Waals surface area contributed by atoms with Gasteiger partial charge in [-0.2, -0.15) is 0 Å². The van der Waals surface area contributed by atoms with Gasteiger partial charge in [0.05, 0.1) is 5.69 Å². The van der Waals surface area contributed by atoms with E-state index in [0.29, 0.717) is 0 Å². The Morgan fingerprint density at radius 2 is 2.00 bits per heavy atom. The molecule has 5 heteroatoms. The van der Waals surface area contributed by atoms with Crippen LogP contribution >= 0.6 is 0 Å². The first-order valence-electron chi connectivity index (χ1n) is 6.74. The van der Waals surface area contributed by atoms with E-state index >= 15 is 0 Å². The zero-order chi connectivity index (χ0) is 13.7. The molecule has 0 aliphatic carbocycles. The lowest BCUT2D eigenvalue weighted by Crippen LogP contribution is -2.27. The maximum atomic E-state index is 5.47. The molecule has 0 spiro atoms. The van der Waals surface area contributed by atoms with E-state index in [1.807, 2.05) is 12.3 Å². The number of rotatable bonds is 6. The highest BCUT2D eigenvalue weighted by Crippen LogP contribution is 2.23. The van der Waals surface area contributed by atoms with Crippen molar-refractivity contribution in [1.82, 2.24) is 10.3 Å². The van der Waals surface area contributed by atoms with Crippen LogP contribution in [0, 0.1) is 0 Å². The van der Waals surface area contributed by atoms with Crippen molar-refractivity contribution in [3.05, 3.63) is 24.0 Å². The van der Waals surface area contributed by atoms with Gasteiger partial charge in [0.2, 0.25) is 0 Å². The van der Waals surface area contributed by atoms with Crippen LogP contribution in [0.3, 0.4) is 0 Å². The van der Waals surface area contributed by atoms with Gasteiger partial charge in [-0.3, -0.25) is 4.98 Å². The Kier molecular flexibility index (Phi) is 5.13. The quantitative estimate of drug-likeness (QED) is 0.833. The van der Waals surface area contributed by atoms with Crippen LogP contribution in [-0.4, -0.2) is 51.0 Å². The molecular formula is C14H23N3O2. The maximum Gasteiger partial charge on any atom is 0.102 e. The summed E-state index contributed by atoms with van der Waals surface area (Å²) in [5.41, 5.74) is 2.25. The Balaban J connectivity index is 2.05. The minimum absolute atomic E-state index is 0.135. The van der Waals surface area contributed by atoms with Crippen LogP contribution in [0.2, 0.25) is 0 Å². The van der Waals surface area contributed by atoms with Crippen LogP contribution in [0.15, 0.2) is 18.3 Å². The minimum Gasteiger partial charge on any atom is -0.377 e. The lowest BCUT2D eigenvalue weighted by molar-refractivity contribution is -0.00461. The molecule has 2 rings (SSSR count). The molecule has 19 heavy (non-hydrogen) atoms. The van der Waals surface area contributed by atoms with Gasteiger partial charge in [0.1, 0.15) is 12.2 Å². The molecule has 2 heterocycles. The molecular weight excluding hydrogens is 242 g/mol. The SMILES string of the molecule is CCNCc1cc(N2CC(OC)C(OC)C2)ccn1. The van der Waals surface area contributed by atoms with Crippen molar-refractivity contribution in [3.63, 3.8) is 0 Å². The molecule has 0 saturated carbocycles. The van der Waals surface area contributed by atoms with Gasteiger partial charge in [0.25, 0.3) is 0 Å². The van der Waals surface area contributed by atoms with Gasteiger partial charge in [-0.15, -0.1) is 0 Å². The van der Waals surface area contributed by atoms with Crippen LogP contribution in [0.25, 0.3) is 0 Å². The number of nitrogens with one attached hydrogen (secondary N) is 1. The Morgan fingerprint density at radius 1 is 1.32 bits per heavy atom. The van der Waals surface area contributed by atoms with Gasteiger partial charge < -0.3 is 19.7 Å². The maximum absolute atomic E-state index is 5.47. The summed E-state index contributed by atoms with van der Waals surface area (Å²) in [6, 6.07) is 4.17. The van der Waals surface area contributed by atoms with E-state index in [2.05, 4.69) is 28.2 Å². The monoisotopic (exact) mass is 265 g/mol. The molecule has 1 aliphatic heterocycles. The van der Waals surface area contributed by atoms with Crippen molar-refractivity contribution in [3.8, 4) is 0 Å². The van der Waals surface area contributed by atoms with Crippen LogP contribution in [-0.2, 0) is 16.0 Å². The van der Waals surface area contributed by atoms with Crippen molar-refractivity contribution >= 4 is 5.69 Å². The lowest BCUT2D eigenvalue weighted by atomic mass is 10.3. The second-order valence-electron chi connectivity index (χ2n) is 4.74. The second kappa shape index (κ2) is 6.84. The molecule has 1 N–H and O–H groups in total. The zero-order valence-corrected chi connectivity index (χ0v) is 11.9. The highest BCUT2D eigenvalue weighted by Gasteiger charge is 2.33. The van der Waals surface area contributed by atoms with Crippen molar-refractivity contribution in [1.29, 1.82) is 0 Å².